The van der Waals surface area contributed by atoms with Gasteiger partial charge in [-0.1, -0.05) is 6.92 Å². The van der Waals surface area contributed by atoms with Crippen LogP contribution < -0.4 is 5.32 Å². The topological polar surface area (TPSA) is 52.6 Å². The molecule has 0 spiro atoms. The molecule has 0 radical (unpaired) electrons. The number of likely N-dealkylation sites (tertiary alicyclic amines) is 1. The van der Waals surface area contributed by atoms with Gasteiger partial charge in [-0.25, -0.2) is 0 Å². The van der Waals surface area contributed by atoms with Gasteiger partial charge in [-0.2, -0.15) is 0 Å². The zero-order valence-corrected chi connectivity index (χ0v) is 10.4. The third-order valence-corrected chi connectivity index (χ3v) is 3.25. The van der Waals surface area contributed by atoms with Crippen molar-refractivity contribution in [2.24, 2.45) is 5.92 Å². The lowest BCUT2D eigenvalue weighted by Gasteiger charge is -2.37. The summed E-state index contributed by atoms with van der Waals surface area (Å²) >= 11 is 0. The highest BCUT2D eigenvalue weighted by Crippen LogP contribution is 2.21. The van der Waals surface area contributed by atoms with E-state index in [2.05, 4.69) is 12.2 Å². The second-order valence-electron chi connectivity index (χ2n) is 4.65. The standard InChI is InChI=1S/C12H24N2O2/c1-3-13-12-7-11(5-4-6-15)8-14(9-12)10(2)16/h11-13,15H,3-9H2,1-2H3. The molecule has 4 nitrogen and oxygen atoms in total. The summed E-state index contributed by atoms with van der Waals surface area (Å²) in [5, 5.41) is 12.3. The molecule has 0 bridgehead atoms. The second-order valence-corrected chi connectivity index (χ2v) is 4.65. The molecule has 1 saturated heterocycles. The van der Waals surface area contributed by atoms with Crippen LogP contribution in [-0.4, -0.2) is 48.2 Å². The molecule has 94 valence electrons. The predicted molar refractivity (Wildman–Crippen MR) is 64.1 cm³/mol. The van der Waals surface area contributed by atoms with Gasteiger partial charge >= 0.3 is 0 Å². The Morgan fingerprint density at radius 2 is 2.25 bits per heavy atom. The number of carbonyl (C=O) groups excluding carboxylic acids is 1. The Balaban J connectivity index is 2.48. The van der Waals surface area contributed by atoms with E-state index in [1.807, 2.05) is 4.90 Å². The van der Waals surface area contributed by atoms with Crippen LogP contribution in [-0.2, 0) is 4.79 Å². The van der Waals surface area contributed by atoms with Crippen molar-refractivity contribution in [2.45, 2.75) is 39.2 Å². The van der Waals surface area contributed by atoms with Crippen molar-refractivity contribution in [1.29, 1.82) is 0 Å². The minimum absolute atomic E-state index is 0.164. The second kappa shape index (κ2) is 6.86. The molecule has 4 heteroatoms. The number of likely N-dealkylation sites (N-methyl/N-ethyl adjacent to an activating group) is 1. The van der Waals surface area contributed by atoms with Crippen LogP contribution in [0.25, 0.3) is 0 Å². The minimum atomic E-state index is 0.164. The van der Waals surface area contributed by atoms with E-state index in [0.29, 0.717) is 12.0 Å². The summed E-state index contributed by atoms with van der Waals surface area (Å²) in [6, 6.07) is 0.423. The van der Waals surface area contributed by atoms with E-state index in [9.17, 15) is 4.79 Å². The monoisotopic (exact) mass is 228 g/mol. The molecular weight excluding hydrogens is 204 g/mol. The number of amides is 1. The third-order valence-electron chi connectivity index (χ3n) is 3.25. The first-order valence-corrected chi connectivity index (χ1v) is 6.27. The van der Waals surface area contributed by atoms with Crippen molar-refractivity contribution < 1.29 is 9.90 Å². The number of hydrogen-bond acceptors (Lipinski definition) is 3. The average molecular weight is 228 g/mol. The number of aliphatic hydroxyl groups is 1. The lowest BCUT2D eigenvalue weighted by Crippen LogP contribution is -2.50. The van der Waals surface area contributed by atoms with Crippen molar-refractivity contribution in [3.05, 3.63) is 0 Å². The summed E-state index contributed by atoms with van der Waals surface area (Å²) in [4.78, 5) is 13.3. The van der Waals surface area contributed by atoms with Crippen molar-refractivity contribution >= 4 is 5.91 Å². The van der Waals surface area contributed by atoms with Crippen LogP contribution in [0, 0.1) is 5.92 Å². The molecular formula is C12H24N2O2. The van der Waals surface area contributed by atoms with Crippen LogP contribution >= 0.6 is 0 Å². The Bertz CT molecular complexity index is 221. The van der Waals surface area contributed by atoms with Gasteiger partial charge < -0.3 is 15.3 Å². The maximum absolute atomic E-state index is 11.4. The van der Waals surface area contributed by atoms with Crippen LogP contribution in [0.1, 0.15) is 33.1 Å². The van der Waals surface area contributed by atoms with Crippen LogP contribution in [0.3, 0.4) is 0 Å². The molecule has 0 saturated carbocycles. The number of nitrogens with zero attached hydrogens (tertiary/aromatic N) is 1. The Kier molecular flexibility index (Phi) is 5.77. The Morgan fingerprint density at radius 1 is 1.50 bits per heavy atom. The number of aliphatic hydroxyl groups excluding tert-OH is 1. The van der Waals surface area contributed by atoms with Gasteiger partial charge in [0.05, 0.1) is 0 Å². The van der Waals surface area contributed by atoms with Crippen molar-refractivity contribution in [2.75, 3.05) is 26.2 Å². The summed E-state index contributed by atoms with van der Waals surface area (Å²) in [5.74, 6) is 0.699. The van der Waals surface area contributed by atoms with Crippen LogP contribution in [0.4, 0.5) is 0 Å². The van der Waals surface area contributed by atoms with E-state index >= 15 is 0 Å². The highest BCUT2D eigenvalue weighted by molar-refractivity contribution is 5.73. The Hall–Kier alpha value is -0.610. The fraction of sp³-hybridized carbons (Fsp3) is 0.917. The largest absolute Gasteiger partial charge is 0.396 e. The molecule has 1 aliphatic heterocycles. The molecule has 0 aliphatic carbocycles. The van der Waals surface area contributed by atoms with Gasteiger partial charge in [0.1, 0.15) is 0 Å². The first-order valence-electron chi connectivity index (χ1n) is 6.27. The SMILES string of the molecule is CCNC1CC(CCCO)CN(C(C)=O)C1. The summed E-state index contributed by atoms with van der Waals surface area (Å²) in [7, 11) is 0. The molecule has 1 amide bonds. The zero-order valence-electron chi connectivity index (χ0n) is 10.4. The van der Waals surface area contributed by atoms with E-state index in [0.717, 1.165) is 38.9 Å². The fourth-order valence-electron chi connectivity index (χ4n) is 2.49. The number of carbonyl (C=O) groups is 1. The molecule has 0 aromatic rings. The Labute approximate surface area is 98.0 Å². The molecule has 1 rings (SSSR count). The van der Waals surface area contributed by atoms with Gasteiger partial charge in [0.15, 0.2) is 0 Å². The van der Waals surface area contributed by atoms with E-state index in [1.54, 1.807) is 6.92 Å². The maximum atomic E-state index is 11.4. The van der Waals surface area contributed by atoms with Crippen molar-refractivity contribution in [3.63, 3.8) is 0 Å². The van der Waals surface area contributed by atoms with Gasteiger partial charge in [-0.3, -0.25) is 4.79 Å². The molecule has 1 aliphatic rings. The smallest absolute Gasteiger partial charge is 0.219 e. The highest BCUT2D eigenvalue weighted by Gasteiger charge is 2.27. The fourth-order valence-corrected chi connectivity index (χ4v) is 2.49. The zero-order chi connectivity index (χ0) is 12.0. The number of rotatable bonds is 5. The third kappa shape index (κ3) is 4.10. The molecule has 16 heavy (non-hydrogen) atoms. The molecule has 2 N–H and O–H groups in total. The van der Waals surface area contributed by atoms with Gasteiger partial charge in [0.2, 0.25) is 5.91 Å². The molecule has 2 atom stereocenters. The van der Waals surface area contributed by atoms with Gasteiger partial charge in [0.25, 0.3) is 0 Å². The van der Waals surface area contributed by atoms with E-state index in [1.165, 1.54) is 0 Å². The normalized spacial score (nSPS) is 25.8. The summed E-state index contributed by atoms with van der Waals surface area (Å²) in [5.41, 5.74) is 0. The van der Waals surface area contributed by atoms with Crippen LogP contribution in [0.2, 0.25) is 0 Å². The summed E-state index contributed by atoms with van der Waals surface area (Å²) < 4.78 is 0. The van der Waals surface area contributed by atoms with Gasteiger partial charge in [0, 0.05) is 32.7 Å². The molecule has 0 aromatic heterocycles. The number of piperidine rings is 1. The number of nitrogens with one attached hydrogen (secondary N) is 1. The summed E-state index contributed by atoms with van der Waals surface area (Å²) in [6.07, 6.45) is 2.98. The maximum Gasteiger partial charge on any atom is 0.219 e. The van der Waals surface area contributed by atoms with Gasteiger partial charge in [-0.15, -0.1) is 0 Å². The predicted octanol–water partition coefficient (Wildman–Crippen LogP) is 0.605. The molecule has 2 unspecified atom stereocenters. The molecule has 0 aromatic carbocycles. The van der Waals surface area contributed by atoms with Crippen LogP contribution in [0.5, 0.6) is 0 Å². The Morgan fingerprint density at radius 3 is 2.81 bits per heavy atom. The van der Waals surface area contributed by atoms with E-state index in [4.69, 9.17) is 5.11 Å². The quantitative estimate of drug-likeness (QED) is 0.725. The minimum Gasteiger partial charge on any atom is -0.396 e. The molecule has 1 heterocycles. The first kappa shape index (κ1) is 13.5. The number of hydrogen-bond donors (Lipinski definition) is 2. The molecule has 1 fully saturated rings. The lowest BCUT2D eigenvalue weighted by molar-refractivity contribution is -0.131. The van der Waals surface area contributed by atoms with Gasteiger partial charge in [-0.05, 0) is 31.7 Å². The van der Waals surface area contributed by atoms with E-state index in [-0.39, 0.29) is 12.5 Å². The first-order chi connectivity index (χ1) is 7.67. The highest BCUT2D eigenvalue weighted by atomic mass is 16.2. The average Bonchev–Trinajstić information content (AvgIpc) is 2.26. The lowest BCUT2D eigenvalue weighted by atomic mass is 9.90. The van der Waals surface area contributed by atoms with Crippen LogP contribution in [0.15, 0.2) is 0 Å². The van der Waals surface area contributed by atoms with E-state index < -0.39 is 0 Å². The van der Waals surface area contributed by atoms with Crippen molar-refractivity contribution in [3.8, 4) is 0 Å². The summed E-state index contributed by atoms with van der Waals surface area (Å²) in [6.45, 7) is 6.62. The van der Waals surface area contributed by atoms with Crippen molar-refractivity contribution in [1.82, 2.24) is 10.2 Å².